The summed E-state index contributed by atoms with van der Waals surface area (Å²) in [5.74, 6) is 0. The van der Waals surface area contributed by atoms with Crippen molar-refractivity contribution >= 4 is 23.2 Å². The van der Waals surface area contributed by atoms with Gasteiger partial charge in [-0.25, -0.2) is 0 Å². The van der Waals surface area contributed by atoms with Crippen LogP contribution in [-0.4, -0.2) is 9.78 Å². The Morgan fingerprint density at radius 2 is 1.95 bits per heavy atom. The van der Waals surface area contributed by atoms with Crippen molar-refractivity contribution in [3.05, 3.63) is 51.8 Å². The maximum atomic E-state index is 6.53. The van der Waals surface area contributed by atoms with E-state index in [2.05, 4.69) is 31.5 Å². The molecule has 0 fully saturated rings. The monoisotopic (exact) mass is 324 g/mol. The lowest BCUT2D eigenvalue weighted by molar-refractivity contribution is 0.639. The van der Waals surface area contributed by atoms with Crippen molar-refractivity contribution in [2.45, 2.75) is 52.0 Å². The second-order valence-corrected chi connectivity index (χ2v) is 6.14. The smallest absolute Gasteiger partial charge is 0.0671 e. The summed E-state index contributed by atoms with van der Waals surface area (Å²) in [6.45, 7) is 7.15. The lowest BCUT2D eigenvalue weighted by Gasteiger charge is -2.11. The van der Waals surface area contributed by atoms with Crippen LogP contribution in [0, 0.1) is 0 Å². The number of nitrogens with zero attached hydrogens (tertiary/aromatic N) is 2. The normalized spacial score (nSPS) is 12.6. The van der Waals surface area contributed by atoms with Crippen LogP contribution in [0.5, 0.6) is 0 Å². The van der Waals surface area contributed by atoms with Crippen molar-refractivity contribution in [3.63, 3.8) is 0 Å². The van der Waals surface area contributed by atoms with E-state index in [-0.39, 0.29) is 5.38 Å². The molecule has 0 N–H and O–H groups in total. The Labute approximate surface area is 137 Å². The molecule has 2 aromatic rings. The van der Waals surface area contributed by atoms with Crippen LogP contribution >= 0.6 is 23.2 Å². The molecular formula is C17H22Cl2N2. The van der Waals surface area contributed by atoms with E-state index in [1.54, 1.807) is 0 Å². The molecule has 1 heterocycles. The molecule has 1 atom stereocenters. The van der Waals surface area contributed by atoms with E-state index in [0.717, 1.165) is 42.1 Å². The third-order valence-electron chi connectivity index (χ3n) is 3.74. The molecule has 0 spiro atoms. The van der Waals surface area contributed by atoms with E-state index in [9.17, 15) is 0 Å². The molecule has 0 aliphatic heterocycles. The Morgan fingerprint density at radius 3 is 2.52 bits per heavy atom. The SMILES string of the molecule is CCc1nn(Cc2cccc(Cl)c2)c(CC)c1C(Cl)CC. The molecule has 4 heteroatoms. The molecular weight excluding hydrogens is 303 g/mol. The highest BCUT2D eigenvalue weighted by atomic mass is 35.5. The topological polar surface area (TPSA) is 17.8 Å². The van der Waals surface area contributed by atoms with Crippen LogP contribution in [-0.2, 0) is 19.4 Å². The fraction of sp³-hybridized carbons (Fsp3) is 0.471. The average Bonchev–Trinajstić information content (AvgIpc) is 2.83. The van der Waals surface area contributed by atoms with Gasteiger partial charge in [0.1, 0.15) is 0 Å². The van der Waals surface area contributed by atoms with Crippen LogP contribution in [0.4, 0.5) is 0 Å². The summed E-state index contributed by atoms with van der Waals surface area (Å²) in [6.07, 6.45) is 2.77. The minimum absolute atomic E-state index is 0.0445. The van der Waals surface area contributed by atoms with Crippen LogP contribution in [0.25, 0.3) is 0 Å². The van der Waals surface area contributed by atoms with E-state index in [0.29, 0.717) is 0 Å². The summed E-state index contributed by atoms with van der Waals surface area (Å²) in [4.78, 5) is 0. The highest BCUT2D eigenvalue weighted by molar-refractivity contribution is 6.30. The number of aromatic nitrogens is 2. The second kappa shape index (κ2) is 7.33. The van der Waals surface area contributed by atoms with Gasteiger partial charge in [0, 0.05) is 16.3 Å². The van der Waals surface area contributed by atoms with E-state index >= 15 is 0 Å². The Morgan fingerprint density at radius 1 is 1.19 bits per heavy atom. The molecule has 0 radical (unpaired) electrons. The number of halogens is 2. The van der Waals surface area contributed by atoms with Crippen LogP contribution < -0.4 is 0 Å². The lowest BCUT2D eigenvalue weighted by atomic mass is 10.0. The van der Waals surface area contributed by atoms with Gasteiger partial charge in [-0.05, 0) is 37.0 Å². The molecule has 21 heavy (non-hydrogen) atoms. The van der Waals surface area contributed by atoms with Gasteiger partial charge in [0.2, 0.25) is 0 Å². The molecule has 1 aromatic carbocycles. The number of hydrogen-bond donors (Lipinski definition) is 0. The van der Waals surface area contributed by atoms with Gasteiger partial charge in [0.05, 0.1) is 17.6 Å². The predicted molar refractivity (Wildman–Crippen MR) is 90.4 cm³/mol. The largest absolute Gasteiger partial charge is 0.265 e. The predicted octanol–water partition coefficient (Wildman–Crippen LogP) is 5.40. The van der Waals surface area contributed by atoms with Crippen molar-refractivity contribution in [2.75, 3.05) is 0 Å². The van der Waals surface area contributed by atoms with Crippen molar-refractivity contribution in [1.29, 1.82) is 0 Å². The molecule has 0 aliphatic carbocycles. The zero-order valence-corrected chi connectivity index (χ0v) is 14.4. The number of rotatable bonds is 6. The first-order chi connectivity index (χ1) is 10.1. The van der Waals surface area contributed by atoms with Gasteiger partial charge in [0.15, 0.2) is 0 Å². The first-order valence-corrected chi connectivity index (χ1v) is 8.39. The van der Waals surface area contributed by atoms with Crippen molar-refractivity contribution in [3.8, 4) is 0 Å². The minimum atomic E-state index is 0.0445. The Hall–Kier alpha value is -0.990. The maximum Gasteiger partial charge on any atom is 0.0671 e. The van der Waals surface area contributed by atoms with Crippen molar-refractivity contribution < 1.29 is 0 Å². The zero-order valence-electron chi connectivity index (χ0n) is 12.9. The molecule has 114 valence electrons. The molecule has 1 aromatic heterocycles. The van der Waals surface area contributed by atoms with Crippen LogP contribution in [0.2, 0.25) is 5.02 Å². The molecule has 0 saturated carbocycles. The second-order valence-electron chi connectivity index (χ2n) is 5.18. The van der Waals surface area contributed by atoms with Gasteiger partial charge in [-0.3, -0.25) is 4.68 Å². The van der Waals surface area contributed by atoms with Crippen LogP contribution in [0.15, 0.2) is 24.3 Å². The Kier molecular flexibility index (Phi) is 5.72. The van der Waals surface area contributed by atoms with Gasteiger partial charge in [-0.1, -0.05) is 44.5 Å². The number of benzene rings is 1. The standard InChI is InChI=1S/C17H22Cl2N2/c1-4-14(19)17-15(5-2)20-21(16(17)6-3)11-12-8-7-9-13(18)10-12/h7-10,14H,4-6,11H2,1-3H3. The minimum Gasteiger partial charge on any atom is -0.265 e. The van der Waals surface area contributed by atoms with Gasteiger partial charge in [0.25, 0.3) is 0 Å². The van der Waals surface area contributed by atoms with Crippen molar-refractivity contribution in [2.24, 2.45) is 0 Å². The highest BCUT2D eigenvalue weighted by Crippen LogP contribution is 2.31. The summed E-state index contributed by atoms with van der Waals surface area (Å²) in [5.41, 5.74) is 4.76. The zero-order chi connectivity index (χ0) is 15.4. The van der Waals surface area contributed by atoms with E-state index in [1.807, 2.05) is 18.2 Å². The summed E-state index contributed by atoms with van der Waals surface area (Å²) in [6, 6.07) is 7.94. The van der Waals surface area contributed by atoms with Crippen LogP contribution in [0.1, 0.15) is 55.1 Å². The van der Waals surface area contributed by atoms with Gasteiger partial charge in [-0.2, -0.15) is 5.10 Å². The van der Waals surface area contributed by atoms with Gasteiger partial charge >= 0.3 is 0 Å². The van der Waals surface area contributed by atoms with Crippen molar-refractivity contribution in [1.82, 2.24) is 9.78 Å². The summed E-state index contributed by atoms with van der Waals surface area (Å²) >= 11 is 12.6. The third kappa shape index (κ3) is 3.61. The van der Waals surface area contributed by atoms with E-state index in [1.165, 1.54) is 11.3 Å². The molecule has 2 rings (SSSR count). The maximum absolute atomic E-state index is 6.53. The van der Waals surface area contributed by atoms with E-state index < -0.39 is 0 Å². The third-order valence-corrected chi connectivity index (χ3v) is 4.50. The molecule has 0 saturated heterocycles. The Balaban J connectivity index is 2.41. The van der Waals surface area contributed by atoms with E-state index in [4.69, 9.17) is 28.3 Å². The molecule has 1 unspecified atom stereocenters. The molecule has 0 amide bonds. The fourth-order valence-corrected chi connectivity index (χ4v) is 3.17. The summed E-state index contributed by atoms with van der Waals surface area (Å²) in [7, 11) is 0. The lowest BCUT2D eigenvalue weighted by Crippen LogP contribution is -2.07. The summed E-state index contributed by atoms with van der Waals surface area (Å²) in [5, 5.41) is 5.59. The van der Waals surface area contributed by atoms with Gasteiger partial charge in [-0.15, -0.1) is 11.6 Å². The first-order valence-electron chi connectivity index (χ1n) is 7.57. The van der Waals surface area contributed by atoms with Crippen LogP contribution in [0.3, 0.4) is 0 Å². The number of hydrogen-bond acceptors (Lipinski definition) is 1. The quantitative estimate of drug-likeness (QED) is 0.650. The summed E-state index contributed by atoms with van der Waals surface area (Å²) < 4.78 is 2.09. The molecule has 0 bridgehead atoms. The first kappa shape index (κ1) is 16.4. The molecule has 0 aliphatic rings. The molecule has 2 nitrogen and oxygen atoms in total. The average molecular weight is 325 g/mol. The number of aryl methyl sites for hydroxylation is 1. The fourth-order valence-electron chi connectivity index (χ4n) is 2.70. The Bertz CT molecular complexity index is 605. The highest BCUT2D eigenvalue weighted by Gasteiger charge is 2.20. The van der Waals surface area contributed by atoms with Gasteiger partial charge < -0.3 is 0 Å². The number of alkyl halides is 1.